The third kappa shape index (κ3) is 8.34. The molecule has 0 bridgehead atoms. The van der Waals surface area contributed by atoms with Crippen LogP contribution in [0, 0.1) is 0 Å². The van der Waals surface area contributed by atoms with Gasteiger partial charge in [0.2, 0.25) is 5.91 Å². The molecule has 0 aromatic heterocycles. The van der Waals surface area contributed by atoms with Crippen molar-refractivity contribution >= 4 is 40.7 Å². The van der Waals surface area contributed by atoms with Gasteiger partial charge >= 0.3 is 0 Å². The first kappa shape index (κ1) is 9.34. The van der Waals surface area contributed by atoms with Crippen LogP contribution >= 0.6 is 34.8 Å². The van der Waals surface area contributed by atoms with Crippen LogP contribution in [-0.2, 0) is 4.79 Å². The molecule has 0 saturated carbocycles. The molecule has 0 aliphatic rings. The van der Waals surface area contributed by atoms with Crippen molar-refractivity contribution in [3.8, 4) is 0 Å². The first-order valence-corrected chi connectivity index (χ1v) is 3.36. The number of carbonyl (C=O) groups excluding carboxylic acids is 1. The molecule has 9 heavy (non-hydrogen) atoms. The highest BCUT2D eigenvalue weighted by molar-refractivity contribution is 6.67. The Morgan fingerprint density at radius 3 is 2.00 bits per heavy atom. The van der Waals surface area contributed by atoms with E-state index in [2.05, 4.69) is 0 Å². The summed E-state index contributed by atoms with van der Waals surface area (Å²) in [6.07, 6.45) is 0.108. The van der Waals surface area contributed by atoms with E-state index in [1.165, 1.54) is 0 Å². The number of hydrogen-bond donors (Lipinski definition) is 0. The first-order valence-electron chi connectivity index (χ1n) is 2.23. The summed E-state index contributed by atoms with van der Waals surface area (Å²) in [5.41, 5.74) is 6.44. The van der Waals surface area contributed by atoms with Crippen LogP contribution in [0.2, 0.25) is 0 Å². The van der Waals surface area contributed by atoms with Gasteiger partial charge in [0.25, 0.3) is 0 Å². The number of alkyl halides is 3. The maximum Gasteiger partial charge on any atom is 0.238 e. The fourth-order valence-corrected chi connectivity index (χ4v) is 0.539. The first-order chi connectivity index (χ1) is 3.92. The van der Waals surface area contributed by atoms with E-state index < -0.39 is 9.70 Å². The number of hydrogen-bond acceptors (Lipinski definition) is 1. The summed E-state index contributed by atoms with van der Waals surface area (Å²) < 4.78 is -1.39. The standard InChI is InChI=1S/C4H5Cl3NO/c5-4(6,7)2-1-3(8)9/h8H,1-2H2. The largest absolute Gasteiger partial charge is 0.273 e. The molecule has 0 aromatic rings. The van der Waals surface area contributed by atoms with E-state index in [0.717, 1.165) is 0 Å². The van der Waals surface area contributed by atoms with Gasteiger partial charge in [-0.3, -0.25) is 10.5 Å². The SMILES string of the molecule is [NH]C(=O)CCC(Cl)(Cl)Cl. The van der Waals surface area contributed by atoms with Crippen LogP contribution in [0.5, 0.6) is 0 Å². The number of rotatable bonds is 2. The topological polar surface area (TPSA) is 40.9 Å². The minimum absolute atomic E-state index is 0.00347. The predicted molar refractivity (Wildman–Crippen MR) is 37.6 cm³/mol. The summed E-state index contributed by atoms with van der Waals surface area (Å²) in [5.74, 6) is -0.707. The maximum absolute atomic E-state index is 9.98. The molecule has 0 rings (SSSR count). The van der Waals surface area contributed by atoms with Gasteiger partial charge in [-0.15, -0.1) is 0 Å². The normalized spacial score (nSPS) is 11.4. The molecule has 0 unspecified atom stereocenters. The Labute approximate surface area is 68.2 Å². The minimum Gasteiger partial charge on any atom is -0.273 e. The Hall–Kier alpha value is 0.340. The van der Waals surface area contributed by atoms with Crippen molar-refractivity contribution in [3.63, 3.8) is 0 Å². The lowest BCUT2D eigenvalue weighted by Crippen LogP contribution is -2.06. The van der Waals surface area contributed by atoms with Gasteiger partial charge in [0.05, 0.1) is 0 Å². The van der Waals surface area contributed by atoms with Gasteiger partial charge < -0.3 is 0 Å². The molecule has 0 atom stereocenters. The second kappa shape index (κ2) is 3.49. The predicted octanol–water partition coefficient (Wildman–Crippen LogP) is 1.95. The van der Waals surface area contributed by atoms with Gasteiger partial charge in [-0.25, -0.2) is 0 Å². The van der Waals surface area contributed by atoms with Crippen molar-refractivity contribution in [2.75, 3.05) is 0 Å². The third-order valence-corrected chi connectivity index (χ3v) is 1.20. The second-order valence-electron chi connectivity index (χ2n) is 1.54. The zero-order valence-corrected chi connectivity index (χ0v) is 6.72. The number of halogens is 3. The summed E-state index contributed by atoms with van der Waals surface area (Å²) in [6.45, 7) is 0. The average molecular weight is 189 g/mol. The van der Waals surface area contributed by atoms with Crippen LogP contribution in [0.25, 0.3) is 0 Å². The summed E-state index contributed by atoms with van der Waals surface area (Å²) in [5, 5.41) is 0. The highest BCUT2D eigenvalue weighted by Crippen LogP contribution is 2.30. The summed E-state index contributed by atoms with van der Waals surface area (Å²) >= 11 is 15.8. The number of amides is 1. The lowest BCUT2D eigenvalue weighted by molar-refractivity contribution is -0.118. The fraction of sp³-hybridized carbons (Fsp3) is 0.750. The Bertz CT molecular complexity index is 109. The van der Waals surface area contributed by atoms with Crippen LogP contribution < -0.4 is 5.73 Å². The molecule has 1 N–H and O–H groups in total. The van der Waals surface area contributed by atoms with E-state index >= 15 is 0 Å². The molecular weight excluding hydrogens is 184 g/mol. The van der Waals surface area contributed by atoms with E-state index in [9.17, 15) is 4.79 Å². The molecule has 1 radical (unpaired) electrons. The van der Waals surface area contributed by atoms with Gasteiger partial charge in [-0.05, 0) is 0 Å². The Morgan fingerprint density at radius 2 is 1.89 bits per heavy atom. The van der Waals surface area contributed by atoms with E-state index in [0.29, 0.717) is 0 Å². The Kier molecular flexibility index (Phi) is 3.63. The highest BCUT2D eigenvalue weighted by atomic mass is 35.6. The van der Waals surface area contributed by atoms with Crippen LogP contribution in [-0.4, -0.2) is 9.70 Å². The van der Waals surface area contributed by atoms with E-state index in [-0.39, 0.29) is 12.8 Å². The quantitative estimate of drug-likeness (QED) is 0.612. The average Bonchev–Trinajstić information content (AvgIpc) is 1.59. The molecule has 0 spiro atoms. The van der Waals surface area contributed by atoms with Gasteiger partial charge in [0, 0.05) is 12.8 Å². The summed E-state index contributed by atoms with van der Waals surface area (Å²) in [4.78, 5) is 9.98. The molecule has 2 nitrogen and oxygen atoms in total. The second-order valence-corrected chi connectivity index (χ2v) is 4.05. The molecular formula is C4H5Cl3NO. The van der Waals surface area contributed by atoms with Crippen molar-refractivity contribution in [1.82, 2.24) is 5.73 Å². The van der Waals surface area contributed by atoms with Crippen molar-refractivity contribution in [2.45, 2.75) is 16.6 Å². The van der Waals surface area contributed by atoms with E-state index in [1.807, 2.05) is 0 Å². The van der Waals surface area contributed by atoms with Crippen LogP contribution in [0.1, 0.15) is 12.8 Å². The molecule has 0 aromatic carbocycles. The third-order valence-electron chi connectivity index (χ3n) is 0.636. The zero-order chi connectivity index (χ0) is 7.49. The molecule has 0 saturated heterocycles. The minimum atomic E-state index is -1.39. The summed E-state index contributed by atoms with van der Waals surface area (Å²) in [6, 6.07) is 0. The Balaban J connectivity index is 3.39. The van der Waals surface area contributed by atoms with Crippen LogP contribution in [0.3, 0.4) is 0 Å². The smallest absolute Gasteiger partial charge is 0.238 e. The molecule has 5 heteroatoms. The fourth-order valence-electron chi connectivity index (χ4n) is 0.255. The zero-order valence-electron chi connectivity index (χ0n) is 4.46. The lowest BCUT2D eigenvalue weighted by Gasteiger charge is -2.06. The van der Waals surface area contributed by atoms with Gasteiger partial charge in [-0.2, -0.15) is 0 Å². The van der Waals surface area contributed by atoms with Gasteiger partial charge in [0.15, 0.2) is 3.79 Å². The molecule has 0 fully saturated rings. The van der Waals surface area contributed by atoms with E-state index in [1.54, 1.807) is 0 Å². The van der Waals surface area contributed by atoms with Crippen molar-refractivity contribution in [3.05, 3.63) is 0 Å². The van der Waals surface area contributed by atoms with Gasteiger partial charge in [0.1, 0.15) is 0 Å². The van der Waals surface area contributed by atoms with Gasteiger partial charge in [-0.1, -0.05) is 34.8 Å². The molecule has 0 heterocycles. The van der Waals surface area contributed by atoms with Crippen molar-refractivity contribution < 1.29 is 4.79 Å². The van der Waals surface area contributed by atoms with Crippen molar-refractivity contribution in [1.29, 1.82) is 0 Å². The number of nitrogens with one attached hydrogen (secondary N) is 1. The molecule has 0 aliphatic heterocycles. The lowest BCUT2D eigenvalue weighted by atomic mass is 10.3. The van der Waals surface area contributed by atoms with Crippen LogP contribution in [0.15, 0.2) is 0 Å². The molecule has 53 valence electrons. The number of carbonyl (C=O) groups is 1. The molecule has 0 aliphatic carbocycles. The maximum atomic E-state index is 9.98. The van der Waals surface area contributed by atoms with Crippen LogP contribution in [0.4, 0.5) is 0 Å². The summed E-state index contributed by atoms with van der Waals surface area (Å²) in [7, 11) is 0. The Morgan fingerprint density at radius 1 is 1.44 bits per heavy atom. The highest BCUT2D eigenvalue weighted by Gasteiger charge is 2.19. The van der Waals surface area contributed by atoms with Crippen molar-refractivity contribution in [2.24, 2.45) is 0 Å². The monoisotopic (exact) mass is 188 g/mol. The van der Waals surface area contributed by atoms with E-state index in [4.69, 9.17) is 40.5 Å². The molecule has 1 amide bonds.